The van der Waals surface area contributed by atoms with Gasteiger partial charge in [-0.2, -0.15) is 0 Å². The summed E-state index contributed by atoms with van der Waals surface area (Å²) in [5, 5.41) is 0. The molecule has 2 aliphatic rings. The highest BCUT2D eigenvalue weighted by atomic mass is 16.5. The van der Waals surface area contributed by atoms with Crippen LogP contribution in [0.3, 0.4) is 0 Å². The number of rotatable bonds is 3. The topological polar surface area (TPSA) is 58.8 Å². The fourth-order valence-electron chi connectivity index (χ4n) is 2.58. The molecule has 0 unspecified atom stereocenters. The van der Waals surface area contributed by atoms with Crippen molar-refractivity contribution in [2.24, 2.45) is 11.7 Å². The maximum atomic E-state index is 12.2. The summed E-state index contributed by atoms with van der Waals surface area (Å²) in [7, 11) is 0. The summed E-state index contributed by atoms with van der Waals surface area (Å²) >= 11 is 0. The van der Waals surface area contributed by atoms with Gasteiger partial charge in [-0.15, -0.1) is 0 Å². The molecule has 0 atom stereocenters. The predicted molar refractivity (Wildman–Crippen MR) is 65.6 cm³/mol. The fraction of sp³-hybridized carbons (Fsp3) is 0.917. The molecule has 2 heterocycles. The Bertz CT molecular complexity index is 246. The molecule has 0 aromatic heterocycles. The van der Waals surface area contributed by atoms with Crippen LogP contribution in [0.5, 0.6) is 0 Å². The van der Waals surface area contributed by atoms with E-state index in [-0.39, 0.29) is 5.92 Å². The molecule has 5 heteroatoms. The van der Waals surface area contributed by atoms with E-state index in [1.807, 2.05) is 4.90 Å². The quantitative estimate of drug-likeness (QED) is 0.725. The fourth-order valence-corrected chi connectivity index (χ4v) is 2.58. The molecule has 5 nitrogen and oxygen atoms in total. The van der Waals surface area contributed by atoms with Gasteiger partial charge in [0, 0.05) is 58.4 Å². The third-order valence-electron chi connectivity index (χ3n) is 3.70. The summed E-state index contributed by atoms with van der Waals surface area (Å²) in [6.45, 7) is 6.77. The van der Waals surface area contributed by atoms with Crippen molar-refractivity contribution in [3.05, 3.63) is 0 Å². The number of piperazine rings is 1. The second-order valence-electron chi connectivity index (χ2n) is 4.84. The minimum Gasteiger partial charge on any atom is -0.381 e. The summed E-state index contributed by atoms with van der Waals surface area (Å²) in [5.74, 6) is 0.533. The van der Waals surface area contributed by atoms with Crippen molar-refractivity contribution in [1.29, 1.82) is 0 Å². The lowest BCUT2D eigenvalue weighted by Gasteiger charge is -2.36. The highest BCUT2D eigenvalue weighted by Gasteiger charge is 2.28. The second kappa shape index (κ2) is 6.33. The van der Waals surface area contributed by atoms with E-state index in [9.17, 15) is 4.79 Å². The van der Waals surface area contributed by atoms with Crippen LogP contribution in [0.15, 0.2) is 0 Å². The number of hydrogen-bond acceptors (Lipinski definition) is 4. The molecule has 0 bridgehead atoms. The maximum absolute atomic E-state index is 12.2. The summed E-state index contributed by atoms with van der Waals surface area (Å²) < 4.78 is 5.29. The molecular weight excluding hydrogens is 218 g/mol. The SMILES string of the molecule is NCCN1CCN(C(=O)C2CCOCC2)CC1. The second-order valence-corrected chi connectivity index (χ2v) is 4.84. The van der Waals surface area contributed by atoms with Crippen LogP contribution in [0.1, 0.15) is 12.8 Å². The first-order chi connectivity index (χ1) is 8.31. The van der Waals surface area contributed by atoms with Gasteiger partial charge in [0.15, 0.2) is 0 Å². The average Bonchev–Trinajstić information content (AvgIpc) is 2.40. The first-order valence-electron chi connectivity index (χ1n) is 6.60. The van der Waals surface area contributed by atoms with Gasteiger partial charge in [-0.3, -0.25) is 9.69 Å². The van der Waals surface area contributed by atoms with Gasteiger partial charge >= 0.3 is 0 Å². The zero-order valence-electron chi connectivity index (χ0n) is 10.4. The Morgan fingerprint density at radius 1 is 1.18 bits per heavy atom. The van der Waals surface area contributed by atoms with Crippen molar-refractivity contribution in [1.82, 2.24) is 9.80 Å². The molecular formula is C12H23N3O2. The summed E-state index contributed by atoms with van der Waals surface area (Å²) in [4.78, 5) is 16.6. The van der Waals surface area contributed by atoms with Gasteiger partial charge in [-0.25, -0.2) is 0 Å². The Morgan fingerprint density at radius 3 is 2.41 bits per heavy atom. The zero-order valence-corrected chi connectivity index (χ0v) is 10.4. The van der Waals surface area contributed by atoms with Crippen LogP contribution < -0.4 is 5.73 Å². The first kappa shape index (κ1) is 12.8. The van der Waals surface area contributed by atoms with E-state index >= 15 is 0 Å². The molecule has 2 fully saturated rings. The standard InChI is InChI=1S/C12H23N3O2/c13-3-4-14-5-7-15(8-6-14)12(16)11-1-9-17-10-2-11/h11H,1-10,13H2. The zero-order chi connectivity index (χ0) is 12.1. The predicted octanol–water partition coefficient (Wildman–Crippen LogP) is -0.484. The number of amides is 1. The van der Waals surface area contributed by atoms with Crippen molar-refractivity contribution < 1.29 is 9.53 Å². The number of nitrogens with zero attached hydrogens (tertiary/aromatic N) is 2. The number of hydrogen-bond donors (Lipinski definition) is 1. The van der Waals surface area contributed by atoms with Crippen LogP contribution in [0.4, 0.5) is 0 Å². The molecule has 0 radical (unpaired) electrons. The number of nitrogens with two attached hydrogens (primary N) is 1. The molecule has 2 N–H and O–H groups in total. The lowest BCUT2D eigenvalue weighted by Crippen LogP contribution is -2.51. The van der Waals surface area contributed by atoms with Crippen molar-refractivity contribution in [3.8, 4) is 0 Å². The third kappa shape index (κ3) is 3.40. The Labute approximate surface area is 103 Å². The van der Waals surface area contributed by atoms with Crippen LogP contribution >= 0.6 is 0 Å². The molecule has 0 aromatic rings. The van der Waals surface area contributed by atoms with E-state index < -0.39 is 0 Å². The van der Waals surface area contributed by atoms with Crippen LogP contribution in [-0.2, 0) is 9.53 Å². The van der Waals surface area contributed by atoms with Gasteiger partial charge in [-0.05, 0) is 12.8 Å². The molecule has 0 spiro atoms. The maximum Gasteiger partial charge on any atom is 0.225 e. The van der Waals surface area contributed by atoms with E-state index in [0.29, 0.717) is 12.5 Å². The summed E-state index contributed by atoms with van der Waals surface area (Å²) in [6, 6.07) is 0. The highest BCUT2D eigenvalue weighted by Crippen LogP contribution is 2.18. The lowest BCUT2D eigenvalue weighted by atomic mass is 9.98. The molecule has 0 aromatic carbocycles. The number of carbonyl (C=O) groups is 1. The van der Waals surface area contributed by atoms with Crippen LogP contribution in [-0.4, -0.2) is 68.2 Å². The van der Waals surface area contributed by atoms with Crippen molar-refractivity contribution in [2.75, 3.05) is 52.5 Å². The van der Waals surface area contributed by atoms with Gasteiger partial charge in [0.25, 0.3) is 0 Å². The van der Waals surface area contributed by atoms with Crippen LogP contribution in [0.25, 0.3) is 0 Å². The summed E-state index contributed by atoms with van der Waals surface area (Å²) in [6.07, 6.45) is 1.78. The molecule has 98 valence electrons. The van der Waals surface area contributed by atoms with Gasteiger partial charge in [-0.1, -0.05) is 0 Å². The minimum absolute atomic E-state index is 0.199. The average molecular weight is 241 g/mol. The van der Waals surface area contributed by atoms with Crippen molar-refractivity contribution >= 4 is 5.91 Å². The smallest absolute Gasteiger partial charge is 0.225 e. The van der Waals surface area contributed by atoms with E-state index in [1.54, 1.807) is 0 Å². The van der Waals surface area contributed by atoms with Gasteiger partial charge in [0.2, 0.25) is 5.91 Å². The van der Waals surface area contributed by atoms with Crippen LogP contribution in [0, 0.1) is 5.92 Å². The van der Waals surface area contributed by atoms with Crippen molar-refractivity contribution in [2.45, 2.75) is 12.8 Å². The third-order valence-corrected chi connectivity index (χ3v) is 3.70. The Morgan fingerprint density at radius 2 is 1.82 bits per heavy atom. The summed E-state index contributed by atoms with van der Waals surface area (Å²) in [5.41, 5.74) is 5.53. The van der Waals surface area contributed by atoms with Crippen molar-refractivity contribution in [3.63, 3.8) is 0 Å². The largest absolute Gasteiger partial charge is 0.381 e. The first-order valence-corrected chi connectivity index (χ1v) is 6.60. The van der Waals surface area contributed by atoms with Gasteiger partial charge in [0.1, 0.15) is 0 Å². The number of carbonyl (C=O) groups excluding carboxylic acids is 1. The van der Waals surface area contributed by atoms with E-state index in [4.69, 9.17) is 10.5 Å². The molecule has 1 amide bonds. The van der Waals surface area contributed by atoms with Crippen LogP contribution in [0.2, 0.25) is 0 Å². The Balaban J connectivity index is 1.77. The highest BCUT2D eigenvalue weighted by molar-refractivity contribution is 5.79. The molecule has 2 rings (SSSR count). The van der Waals surface area contributed by atoms with E-state index in [1.165, 1.54) is 0 Å². The lowest BCUT2D eigenvalue weighted by molar-refractivity contribution is -0.140. The normalized spacial score (nSPS) is 23.9. The van der Waals surface area contributed by atoms with Gasteiger partial charge in [0.05, 0.1) is 0 Å². The Hall–Kier alpha value is -0.650. The van der Waals surface area contributed by atoms with Gasteiger partial charge < -0.3 is 15.4 Å². The molecule has 2 saturated heterocycles. The molecule has 0 aliphatic carbocycles. The molecule has 0 saturated carbocycles. The monoisotopic (exact) mass is 241 g/mol. The van der Waals surface area contributed by atoms with E-state index in [2.05, 4.69) is 4.90 Å². The minimum atomic E-state index is 0.199. The molecule has 17 heavy (non-hydrogen) atoms. The number of ether oxygens (including phenoxy) is 1. The Kier molecular flexibility index (Phi) is 4.76. The van der Waals surface area contributed by atoms with E-state index in [0.717, 1.165) is 58.8 Å². The molecule has 2 aliphatic heterocycles.